The van der Waals surface area contributed by atoms with E-state index in [9.17, 15) is 18.9 Å². The number of halogens is 1. The van der Waals surface area contributed by atoms with Crippen LogP contribution >= 0.6 is 19.6 Å². The number of amides is 1. The molecule has 242 valence electrons. The van der Waals surface area contributed by atoms with E-state index in [2.05, 4.69) is 10.3 Å². The summed E-state index contributed by atoms with van der Waals surface area (Å²) in [5, 5.41) is 0.427. The zero-order valence-electron chi connectivity index (χ0n) is 25.8. The summed E-state index contributed by atoms with van der Waals surface area (Å²) < 4.78 is 53.7. The van der Waals surface area contributed by atoms with Crippen molar-refractivity contribution in [2.45, 2.75) is 75.6 Å². The lowest BCUT2D eigenvalue weighted by Gasteiger charge is -2.31. The van der Waals surface area contributed by atoms with Gasteiger partial charge in [-0.3, -0.25) is 22.9 Å². The van der Waals surface area contributed by atoms with Gasteiger partial charge in [-0.15, -0.1) is 11.8 Å². The molecule has 2 heterocycles. The minimum absolute atomic E-state index is 0.0185. The maximum Gasteiger partial charge on any atom is 0.475 e. The molecule has 1 aliphatic rings. The number of carbonyl (C=O) groups excluding carboxylic acids is 2. The van der Waals surface area contributed by atoms with Crippen molar-refractivity contribution in [3.63, 3.8) is 0 Å². The number of carbonyl (C=O) groups is 2. The van der Waals surface area contributed by atoms with Crippen LogP contribution in [0.4, 0.5) is 10.2 Å². The summed E-state index contributed by atoms with van der Waals surface area (Å²) in [6.07, 6.45) is -2.00. The highest BCUT2D eigenvalue weighted by Gasteiger charge is 2.50. The second-order valence-electron chi connectivity index (χ2n) is 12.2. The van der Waals surface area contributed by atoms with E-state index in [0.29, 0.717) is 5.56 Å². The number of hydrogen-bond acceptors (Lipinski definition) is 10. The van der Waals surface area contributed by atoms with Gasteiger partial charge in [0, 0.05) is 11.8 Å². The first-order valence-electron chi connectivity index (χ1n) is 14.2. The average Bonchev–Trinajstić information content (AvgIpc) is 3.25. The Kier molecular flexibility index (Phi) is 10.7. The summed E-state index contributed by atoms with van der Waals surface area (Å²) in [4.78, 5) is 42.5. The summed E-state index contributed by atoms with van der Waals surface area (Å²) in [5.41, 5.74) is -2.09. The van der Waals surface area contributed by atoms with E-state index in [0.717, 1.165) is 16.3 Å². The molecule has 0 spiro atoms. The van der Waals surface area contributed by atoms with Gasteiger partial charge in [0.15, 0.2) is 12.3 Å². The van der Waals surface area contributed by atoms with Gasteiger partial charge >= 0.3 is 19.5 Å². The number of nitrogens with one attached hydrogen (secondary N) is 1. The van der Waals surface area contributed by atoms with Gasteiger partial charge in [-0.25, -0.2) is 18.5 Å². The topological polar surface area (TPSA) is 135 Å². The molecule has 1 fully saturated rings. The lowest BCUT2D eigenvalue weighted by molar-refractivity contribution is -0.0111. The average molecular weight is 662 g/mol. The zero-order valence-corrected chi connectivity index (χ0v) is 27.5. The number of hydrogen-bond donors (Lipinski definition) is 1. The van der Waals surface area contributed by atoms with Gasteiger partial charge < -0.3 is 10.1 Å². The molecule has 11 nitrogen and oxygen atoms in total. The quantitative estimate of drug-likeness (QED) is 0.191. The summed E-state index contributed by atoms with van der Waals surface area (Å²) in [6.45, 7) is 9.70. The maximum atomic E-state index is 16.2. The largest absolute Gasteiger partial charge is 0.475 e. The third-order valence-electron chi connectivity index (χ3n) is 6.07. The van der Waals surface area contributed by atoms with Crippen LogP contribution in [-0.2, 0) is 22.9 Å². The molecule has 1 N–H and O–H groups in total. The Bertz CT molecular complexity index is 1570. The number of alkyl halides is 1. The van der Waals surface area contributed by atoms with Gasteiger partial charge in [-0.05, 0) is 71.9 Å². The van der Waals surface area contributed by atoms with Crippen molar-refractivity contribution in [2.24, 2.45) is 0 Å². The number of anilines is 1. The van der Waals surface area contributed by atoms with Crippen LogP contribution in [0.1, 0.15) is 67.6 Å². The van der Waals surface area contributed by atoms with E-state index in [1.807, 2.05) is 0 Å². The lowest BCUT2D eigenvalue weighted by atomic mass is 10.1. The van der Waals surface area contributed by atoms with E-state index >= 15 is 4.39 Å². The molecule has 0 bridgehead atoms. The smallest absolute Gasteiger partial charge is 0.454 e. The minimum atomic E-state index is -4.20. The maximum absolute atomic E-state index is 16.2. The highest BCUT2D eigenvalue weighted by atomic mass is 32.2. The Morgan fingerprint density at radius 3 is 2.02 bits per heavy atom. The van der Waals surface area contributed by atoms with Crippen LogP contribution in [-0.4, -0.2) is 56.8 Å². The SMILES string of the molecule is CC(C)(C)OP(=O)(OCC1SC(n2ccc(NC(=O)c3ccccc3)nc2=O)C(F)C1OC(=O)c1ccccc1)OC(C)(C)C. The summed E-state index contributed by atoms with van der Waals surface area (Å²) in [6, 6.07) is 17.8. The molecule has 0 saturated carbocycles. The Hall–Kier alpha value is -3.35. The molecule has 1 saturated heterocycles. The second kappa shape index (κ2) is 14.0. The first kappa shape index (κ1) is 34.5. The van der Waals surface area contributed by atoms with Crippen molar-refractivity contribution >= 4 is 37.3 Å². The molecule has 4 atom stereocenters. The first-order chi connectivity index (χ1) is 21.0. The number of rotatable bonds is 10. The van der Waals surface area contributed by atoms with Crippen molar-refractivity contribution in [1.29, 1.82) is 0 Å². The fourth-order valence-corrected chi connectivity index (χ4v) is 7.71. The molecule has 4 rings (SSSR count). The van der Waals surface area contributed by atoms with Crippen molar-refractivity contribution < 1.29 is 36.9 Å². The van der Waals surface area contributed by atoms with E-state index in [1.54, 1.807) is 90.1 Å². The van der Waals surface area contributed by atoms with E-state index in [1.165, 1.54) is 24.4 Å². The summed E-state index contributed by atoms with van der Waals surface area (Å²) in [5.74, 6) is -1.27. The number of thioether (sulfide) groups is 1. The number of benzene rings is 2. The standard InChI is InChI=1S/C31H37FN3O8PS/c1-30(2,3)42-44(39,43-31(4,5)6)40-19-22-25(41-28(37)21-15-11-8-12-16-21)24(32)27(45-22)35-18-17-23(34-29(35)38)33-26(36)20-13-9-7-10-14-20/h7-18,22,24-25,27H,19H2,1-6H3,(H,33,34,36,38). The highest BCUT2D eigenvalue weighted by Crippen LogP contribution is 2.56. The Balaban J connectivity index is 1.59. The summed E-state index contributed by atoms with van der Waals surface area (Å²) in [7, 11) is -4.20. The number of esters is 1. The molecule has 1 aromatic heterocycles. The molecule has 1 aliphatic heterocycles. The van der Waals surface area contributed by atoms with Gasteiger partial charge in [0.1, 0.15) is 11.2 Å². The lowest BCUT2D eigenvalue weighted by Crippen LogP contribution is -2.37. The predicted octanol–water partition coefficient (Wildman–Crippen LogP) is 6.43. The van der Waals surface area contributed by atoms with Crippen LogP contribution in [0.25, 0.3) is 0 Å². The third kappa shape index (κ3) is 9.57. The van der Waals surface area contributed by atoms with Crippen LogP contribution in [0, 0.1) is 0 Å². The van der Waals surface area contributed by atoms with Crippen LogP contribution in [0.5, 0.6) is 0 Å². The molecule has 14 heteroatoms. The highest BCUT2D eigenvalue weighted by molar-refractivity contribution is 8.00. The minimum Gasteiger partial charge on any atom is -0.454 e. The molecular weight excluding hydrogens is 624 g/mol. The second-order valence-corrected chi connectivity index (χ2v) is 15.1. The number of ether oxygens (including phenoxy) is 1. The zero-order chi connectivity index (χ0) is 33.0. The van der Waals surface area contributed by atoms with E-state index < -0.39 is 66.1 Å². The molecule has 3 aromatic rings. The number of aromatic nitrogens is 2. The van der Waals surface area contributed by atoms with E-state index in [4.69, 9.17) is 18.3 Å². The fraction of sp³-hybridized carbons (Fsp3) is 0.419. The van der Waals surface area contributed by atoms with Gasteiger partial charge in [-0.1, -0.05) is 36.4 Å². The fourth-order valence-electron chi connectivity index (χ4n) is 4.32. The third-order valence-corrected chi connectivity index (χ3v) is 9.60. The van der Waals surface area contributed by atoms with Gasteiger partial charge in [0.05, 0.1) is 28.6 Å². The number of nitrogens with zero attached hydrogens (tertiary/aromatic N) is 2. The van der Waals surface area contributed by atoms with Crippen LogP contribution in [0.3, 0.4) is 0 Å². The molecule has 1 amide bonds. The number of phosphoric ester groups is 1. The van der Waals surface area contributed by atoms with Gasteiger partial charge in [-0.2, -0.15) is 4.98 Å². The summed E-state index contributed by atoms with van der Waals surface area (Å²) >= 11 is 0.951. The molecule has 0 aliphatic carbocycles. The normalized spacial score (nSPS) is 20.5. The van der Waals surface area contributed by atoms with Crippen molar-refractivity contribution in [3.8, 4) is 0 Å². The Morgan fingerprint density at radius 2 is 1.49 bits per heavy atom. The van der Waals surface area contributed by atoms with Crippen molar-refractivity contribution in [1.82, 2.24) is 9.55 Å². The van der Waals surface area contributed by atoms with Gasteiger partial charge in [0.25, 0.3) is 5.91 Å². The monoisotopic (exact) mass is 661 g/mol. The Morgan fingerprint density at radius 1 is 0.933 bits per heavy atom. The van der Waals surface area contributed by atoms with Crippen LogP contribution in [0.15, 0.2) is 77.7 Å². The number of phosphoric acid groups is 1. The van der Waals surface area contributed by atoms with Crippen LogP contribution in [0.2, 0.25) is 0 Å². The first-order valence-corrected chi connectivity index (χ1v) is 16.6. The Labute approximate surface area is 265 Å². The van der Waals surface area contributed by atoms with E-state index in [-0.39, 0.29) is 11.4 Å². The molecule has 4 unspecified atom stereocenters. The molecule has 2 aromatic carbocycles. The van der Waals surface area contributed by atoms with Crippen molar-refractivity contribution in [2.75, 3.05) is 11.9 Å². The van der Waals surface area contributed by atoms with Crippen LogP contribution < -0.4 is 11.0 Å². The van der Waals surface area contributed by atoms with Gasteiger partial charge in [0.2, 0.25) is 0 Å². The molecular formula is C31H37FN3O8PS. The molecule has 0 radical (unpaired) electrons. The predicted molar refractivity (Wildman–Crippen MR) is 169 cm³/mol. The molecule has 45 heavy (non-hydrogen) atoms. The van der Waals surface area contributed by atoms with Crippen molar-refractivity contribution in [3.05, 3.63) is 94.5 Å².